The second-order valence-electron chi connectivity index (χ2n) is 5.84. The number of amides is 1. The molecule has 18 heavy (non-hydrogen) atoms. The molecule has 1 aliphatic rings. The maximum absolute atomic E-state index is 11.6. The molecule has 0 bridgehead atoms. The summed E-state index contributed by atoms with van der Waals surface area (Å²) < 4.78 is 4.75. The van der Waals surface area contributed by atoms with Crippen LogP contribution in [0.1, 0.15) is 40.0 Å². The van der Waals surface area contributed by atoms with Crippen molar-refractivity contribution in [2.24, 2.45) is 5.92 Å². The maximum atomic E-state index is 11.6. The van der Waals surface area contributed by atoms with E-state index in [4.69, 9.17) is 4.74 Å². The summed E-state index contributed by atoms with van der Waals surface area (Å²) in [7, 11) is 1.39. The fraction of sp³-hybridized carbons (Fsp3) is 0.846. The van der Waals surface area contributed by atoms with Crippen LogP contribution in [0, 0.1) is 5.92 Å². The first-order chi connectivity index (χ1) is 8.33. The highest BCUT2D eigenvalue weighted by Gasteiger charge is 2.36. The van der Waals surface area contributed by atoms with Crippen LogP contribution in [-0.2, 0) is 14.3 Å². The van der Waals surface area contributed by atoms with Crippen molar-refractivity contribution in [3.63, 3.8) is 0 Å². The molecule has 0 saturated heterocycles. The quantitative estimate of drug-likeness (QED) is 0.691. The van der Waals surface area contributed by atoms with E-state index in [-0.39, 0.29) is 23.5 Å². The van der Waals surface area contributed by atoms with Gasteiger partial charge in [-0.25, -0.2) is 0 Å². The second kappa shape index (κ2) is 6.18. The summed E-state index contributed by atoms with van der Waals surface area (Å²) in [6, 6.07) is -0.252. The van der Waals surface area contributed by atoms with Crippen molar-refractivity contribution in [3.05, 3.63) is 0 Å². The second-order valence-corrected chi connectivity index (χ2v) is 5.84. The molecular weight excluding hydrogens is 232 g/mol. The standard InChI is InChI=1S/C13H24N2O3/c1-13(2,3)15-10(16)7-8-14-11(9-5-6-9)12(17)18-4/h9,11,14H,5-8H2,1-4H3,(H,15,16). The van der Waals surface area contributed by atoms with Crippen LogP contribution in [0.4, 0.5) is 0 Å². The van der Waals surface area contributed by atoms with Crippen LogP contribution in [0.3, 0.4) is 0 Å². The molecule has 5 nitrogen and oxygen atoms in total. The first-order valence-corrected chi connectivity index (χ1v) is 6.45. The molecular formula is C13H24N2O3. The van der Waals surface area contributed by atoms with Crippen LogP contribution < -0.4 is 10.6 Å². The molecule has 1 rings (SSSR count). The zero-order valence-corrected chi connectivity index (χ0v) is 11.7. The van der Waals surface area contributed by atoms with Crippen molar-refractivity contribution < 1.29 is 14.3 Å². The highest BCUT2D eigenvalue weighted by Crippen LogP contribution is 2.33. The fourth-order valence-corrected chi connectivity index (χ4v) is 1.82. The van der Waals surface area contributed by atoms with Gasteiger partial charge in [0.15, 0.2) is 0 Å². The van der Waals surface area contributed by atoms with Gasteiger partial charge >= 0.3 is 5.97 Å². The molecule has 0 aromatic heterocycles. The number of ether oxygens (including phenoxy) is 1. The molecule has 1 saturated carbocycles. The summed E-state index contributed by atoms with van der Waals surface area (Å²) >= 11 is 0. The monoisotopic (exact) mass is 256 g/mol. The Kier molecular flexibility index (Phi) is 5.14. The van der Waals surface area contributed by atoms with Gasteiger partial charge in [0.1, 0.15) is 6.04 Å². The van der Waals surface area contributed by atoms with Crippen molar-refractivity contribution in [2.45, 2.75) is 51.6 Å². The normalized spacial score (nSPS) is 17.1. The molecule has 1 unspecified atom stereocenters. The van der Waals surface area contributed by atoms with E-state index in [0.717, 1.165) is 12.8 Å². The lowest BCUT2D eigenvalue weighted by molar-refractivity contribution is -0.143. The number of rotatable bonds is 6. The van der Waals surface area contributed by atoms with Crippen LogP contribution in [-0.4, -0.2) is 37.1 Å². The summed E-state index contributed by atoms with van der Waals surface area (Å²) in [6.45, 7) is 6.33. The van der Waals surface area contributed by atoms with Crippen LogP contribution in [0.2, 0.25) is 0 Å². The molecule has 0 aliphatic heterocycles. The van der Waals surface area contributed by atoms with E-state index in [1.807, 2.05) is 20.8 Å². The van der Waals surface area contributed by atoms with Crippen LogP contribution in [0.5, 0.6) is 0 Å². The van der Waals surface area contributed by atoms with Crippen molar-refractivity contribution in [3.8, 4) is 0 Å². The van der Waals surface area contributed by atoms with Gasteiger partial charge in [0.2, 0.25) is 5.91 Å². The lowest BCUT2D eigenvalue weighted by atomic mass is 10.1. The van der Waals surface area contributed by atoms with Gasteiger partial charge < -0.3 is 15.4 Å². The molecule has 1 aliphatic carbocycles. The Bertz CT molecular complexity index is 306. The average Bonchev–Trinajstić information content (AvgIpc) is 3.04. The number of esters is 1. The minimum atomic E-state index is -0.252. The van der Waals surface area contributed by atoms with Crippen LogP contribution >= 0.6 is 0 Å². The van der Waals surface area contributed by atoms with Gasteiger partial charge in [0.25, 0.3) is 0 Å². The first-order valence-electron chi connectivity index (χ1n) is 6.45. The van der Waals surface area contributed by atoms with E-state index in [0.29, 0.717) is 18.9 Å². The fourth-order valence-electron chi connectivity index (χ4n) is 1.82. The summed E-state index contributed by atoms with van der Waals surface area (Å²) in [5, 5.41) is 6.00. The third-order valence-electron chi connectivity index (χ3n) is 2.78. The number of carbonyl (C=O) groups is 2. The van der Waals surface area contributed by atoms with Crippen LogP contribution in [0.25, 0.3) is 0 Å². The molecule has 5 heteroatoms. The van der Waals surface area contributed by atoms with E-state index >= 15 is 0 Å². The van der Waals surface area contributed by atoms with E-state index in [9.17, 15) is 9.59 Å². The van der Waals surface area contributed by atoms with Crippen molar-refractivity contribution >= 4 is 11.9 Å². The topological polar surface area (TPSA) is 67.4 Å². The van der Waals surface area contributed by atoms with Crippen LogP contribution in [0.15, 0.2) is 0 Å². The number of hydrogen-bond acceptors (Lipinski definition) is 4. The zero-order valence-electron chi connectivity index (χ0n) is 11.7. The van der Waals surface area contributed by atoms with E-state index in [1.165, 1.54) is 7.11 Å². The predicted molar refractivity (Wildman–Crippen MR) is 69.0 cm³/mol. The highest BCUT2D eigenvalue weighted by atomic mass is 16.5. The van der Waals surface area contributed by atoms with Gasteiger partial charge in [-0.3, -0.25) is 9.59 Å². The molecule has 0 aromatic carbocycles. The third-order valence-corrected chi connectivity index (χ3v) is 2.78. The number of nitrogens with one attached hydrogen (secondary N) is 2. The molecule has 1 atom stereocenters. The highest BCUT2D eigenvalue weighted by molar-refractivity contribution is 5.78. The Labute approximate surface area is 109 Å². The molecule has 0 radical (unpaired) electrons. The van der Waals surface area contributed by atoms with Gasteiger partial charge in [-0.05, 0) is 39.5 Å². The number of methoxy groups -OCH3 is 1. The summed E-state index contributed by atoms with van der Waals surface area (Å²) in [5.74, 6) is 0.145. The van der Waals surface area contributed by atoms with E-state index in [2.05, 4.69) is 10.6 Å². The van der Waals surface area contributed by atoms with E-state index in [1.54, 1.807) is 0 Å². The number of carbonyl (C=O) groups excluding carboxylic acids is 2. The van der Waals surface area contributed by atoms with Crippen molar-refractivity contribution in [1.82, 2.24) is 10.6 Å². The molecule has 1 amide bonds. The Balaban J connectivity index is 2.27. The number of hydrogen-bond donors (Lipinski definition) is 2. The minimum Gasteiger partial charge on any atom is -0.468 e. The van der Waals surface area contributed by atoms with Gasteiger partial charge in [-0.15, -0.1) is 0 Å². The lowest BCUT2D eigenvalue weighted by Gasteiger charge is -2.21. The average molecular weight is 256 g/mol. The van der Waals surface area contributed by atoms with Crippen molar-refractivity contribution in [1.29, 1.82) is 0 Å². The minimum absolute atomic E-state index is 0.00517. The molecule has 104 valence electrons. The summed E-state index contributed by atoms with van der Waals surface area (Å²) in [5.41, 5.74) is -0.213. The largest absolute Gasteiger partial charge is 0.468 e. The first kappa shape index (κ1) is 15.0. The molecule has 0 heterocycles. The Hall–Kier alpha value is -1.10. The Morgan fingerprint density at radius 3 is 2.39 bits per heavy atom. The maximum Gasteiger partial charge on any atom is 0.323 e. The van der Waals surface area contributed by atoms with Gasteiger partial charge in [-0.1, -0.05) is 0 Å². The third kappa shape index (κ3) is 5.49. The van der Waals surface area contributed by atoms with Gasteiger partial charge in [0.05, 0.1) is 7.11 Å². The molecule has 0 aromatic rings. The smallest absolute Gasteiger partial charge is 0.323 e. The lowest BCUT2D eigenvalue weighted by Crippen LogP contribution is -2.44. The Morgan fingerprint density at radius 2 is 1.94 bits per heavy atom. The summed E-state index contributed by atoms with van der Waals surface area (Å²) in [6.07, 6.45) is 2.49. The summed E-state index contributed by atoms with van der Waals surface area (Å²) in [4.78, 5) is 23.1. The van der Waals surface area contributed by atoms with E-state index < -0.39 is 0 Å². The SMILES string of the molecule is COC(=O)C(NCCC(=O)NC(C)(C)C)C1CC1. The molecule has 2 N–H and O–H groups in total. The van der Waals surface area contributed by atoms with Gasteiger partial charge in [-0.2, -0.15) is 0 Å². The van der Waals surface area contributed by atoms with Crippen molar-refractivity contribution in [2.75, 3.05) is 13.7 Å². The Morgan fingerprint density at radius 1 is 1.33 bits per heavy atom. The zero-order chi connectivity index (χ0) is 13.8. The molecule has 0 spiro atoms. The molecule has 1 fully saturated rings. The predicted octanol–water partition coefficient (Wildman–Crippen LogP) is 0.832. The van der Waals surface area contributed by atoms with Gasteiger partial charge in [0, 0.05) is 18.5 Å².